The summed E-state index contributed by atoms with van der Waals surface area (Å²) in [4.78, 5) is 9.13. The topological polar surface area (TPSA) is 56.3 Å². The zero-order valence-electron chi connectivity index (χ0n) is 12.7. The molecule has 21 heavy (non-hydrogen) atoms. The van der Waals surface area contributed by atoms with Crippen molar-refractivity contribution < 1.29 is 9.47 Å². The molecule has 5 nitrogen and oxygen atoms in total. The molecule has 0 saturated carbocycles. The molecule has 0 aliphatic heterocycles. The lowest BCUT2D eigenvalue weighted by Gasteiger charge is -2.11. The van der Waals surface area contributed by atoms with E-state index in [2.05, 4.69) is 22.2 Å². The molecular formula is C16H21N3O2. The van der Waals surface area contributed by atoms with Crippen molar-refractivity contribution in [3.05, 3.63) is 36.0 Å². The first-order valence-electron chi connectivity index (χ1n) is 7.02. The Labute approximate surface area is 125 Å². The van der Waals surface area contributed by atoms with E-state index < -0.39 is 0 Å². The first-order valence-corrected chi connectivity index (χ1v) is 7.02. The van der Waals surface area contributed by atoms with Gasteiger partial charge in [-0.15, -0.1) is 0 Å². The first kappa shape index (κ1) is 15.3. The van der Waals surface area contributed by atoms with Crippen LogP contribution in [0.15, 0.2) is 30.3 Å². The average molecular weight is 287 g/mol. The highest BCUT2D eigenvalue weighted by Gasteiger charge is 2.11. The molecule has 1 heterocycles. The number of anilines is 1. The fourth-order valence-corrected chi connectivity index (χ4v) is 2.01. The smallest absolute Gasteiger partial charge is 0.165 e. The first-order chi connectivity index (χ1) is 10.3. The molecule has 0 aliphatic carbocycles. The van der Waals surface area contributed by atoms with Crippen LogP contribution in [0.3, 0.4) is 0 Å². The predicted octanol–water partition coefficient (Wildman–Crippen LogP) is 3.12. The van der Waals surface area contributed by atoms with Crippen molar-refractivity contribution in [2.75, 3.05) is 26.1 Å². The van der Waals surface area contributed by atoms with Gasteiger partial charge in [0.25, 0.3) is 0 Å². The summed E-state index contributed by atoms with van der Waals surface area (Å²) < 4.78 is 10.6. The van der Waals surface area contributed by atoms with Gasteiger partial charge in [0.15, 0.2) is 5.82 Å². The molecule has 0 saturated heterocycles. The normalized spacial score (nSPS) is 10.4. The van der Waals surface area contributed by atoms with Crippen LogP contribution in [0.25, 0.3) is 11.4 Å². The zero-order valence-corrected chi connectivity index (χ0v) is 12.7. The van der Waals surface area contributed by atoms with Crippen LogP contribution in [-0.2, 0) is 11.3 Å². The van der Waals surface area contributed by atoms with Crippen molar-refractivity contribution in [3.63, 3.8) is 0 Å². The second kappa shape index (κ2) is 7.59. The van der Waals surface area contributed by atoms with Gasteiger partial charge in [0, 0.05) is 19.7 Å². The molecule has 112 valence electrons. The summed E-state index contributed by atoms with van der Waals surface area (Å²) in [6, 6.07) is 9.65. The van der Waals surface area contributed by atoms with Gasteiger partial charge in [-0.25, -0.2) is 9.97 Å². The van der Waals surface area contributed by atoms with E-state index in [4.69, 9.17) is 9.47 Å². The number of hydrogen-bond donors (Lipinski definition) is 1. The molecule has 0 aliphatic rings. The minimum absolute atomic E-state index is 0.450. The van der Waals surface area contributed by atoms with E-state index in [0.717, 1.165) is 35.8 Å². The third-order valence-electron chi connectivity index (χ3n) is 2.98. The van der Waals surface area contributed by atoms with Crippen molar-refractivity contribution in [1.82, 2.24) is 9.97 Å². The van der Waals surface area contributed by atoms with E-state index in [1.807, 2.05) is 30.3 Å². The minimum atomic E-state index is 0.450. The van der Waals surface area contributed by atoms with E-state index >= 15 is 0 Å². The van der Waals surface area contributed by atoms with E-state index in [1.165, 1.54) is 0 Å². The van der Waals surface area contributed by atoms with Crippen LogP contribution in [0.2, 0.25) is 0 Å². The summed E-state index contributed by atoms with van der Waals surface area (Å²) in [7, 11) is 3.30. The van der Waals surface area contributed by atoms with Crippen molar-refractivity contribution in [2.45, 2.75) is 20.0 Å². The van der Waals surface area contributed by atoms with Gasteiger partial charge in [-0.05, 0) is 18.6 Å². The van der Waals surface area contributed by atoms with Crippen LogP contribution in [0, 0.1) is 0 Å². The standard InChI is InChI=1S/C16H21N3O2/c1-4-9-17-15-10-12(11-20-2)18-16(19-15)13-7-5-6-8-14(13)21-3/h5-8,10H,4,9,11H2,1-3H3,(H,17,18,19). The number of hydrogen-bond acceptors (Lipinski definition) is 5. The molecular weight excluding hydrogens is 266 g/mol. The summed E-state index contributed by atoms with van der Waals surface area (Å²) in [5.41, 5.74) is 1.71. The molecule has 5 heteroatoms. The Bertz CT molecular complexity index is 587. The third kappa shape index (κ3) is 3.92. The predicted molar refractivity (Wildman–Crippen MR) is 83.5 cm³/mol. The monoisotopic (exact) mass is 287 g/mol. The molecule has 0 bridgehead atoms. The summed E-state index contributed by atoms with van der Waals surface area (Å²) in [5.74, 6) is 2.20. The summed E-state index contributed by atoms with van der Waals surface area (Å²) >= 11 is 0. The lowest BCUT2D eigenvalue weighted by atomic mass is 10.2. The molecule has 1 aromatic heterocycles. The maximum Gasteiger partial charge on any atom is 0.165 e. The Hall–Kier alpha value is -2.14. The lowest BCUT2D eigenvalue weighted by Crippen LogP contribution is -2.06. The zero-order chi connectivity index (χ0) is 15.1. The Kier molecular flexibility index (Phi) is 5.51. The van der Waals surface area contributed by atoms with Gasteiger partial charge in [0.2, 0.25) is 0 Å². The van der Waals surface area contributed by atoms with Crippen LogP contribution in [0.4, 0.5) is 5.82 Å². The van der Waals surface area contributed by atoms with Gasteiger partial charge in [-0.2, -0.15) is 0 Å². The summed E-state index contributed by atoms with van der Waals surface area (Å²) in [5, 5.41) is 3.29. The van der Waals surface area contributed by atoms with E-state index in [0.29, 0.717) is 12.4 Å². The number of aromatic nitrogens is 2. The number of nitrogens with one attached hydrogen (secondary N) is 1. The Morgan fingerprint density at radius 1 is 1.14 bits per heavy atom. The number of rotatable bonds is 7. The van der Waals surface area contributed by atoms with Crippen LogP contribution >= 0.6 is 0 Å². The number of ether oxygens (including phenoxy) is 2. The molecule has 0 fully saturated rings. The van der Waals surface area contributed by atoms with Crippen LogP contribution in [0.1, 0.15) is 19.0 Å². The summed E-state index contributed by atoms with van der Waals surface area (Å²) in [6.07, 6.45) is 1.04. The third-order valence-corrected chi connectivity index (χ3v) is 2.98. The van der Waals surface area contributed by atoms with Gasteiger partial charge in [0.05, 0.1) is 25.0 Å². The van der Waals surface area contributed by atoms with Crippen LogP contribution < -0.4 is 10.1 Å². The van der Waals surface area contributed by atoms with E-state index in [-0.39, 0.29) is 0 Å². The fraction of sp³-hybridized carbons (Fsp3) is 0.375. The molecule has 0 atom stereocenters. The van der Waals surface area contributed by atoms with Crippen LogP contribution in [-0.4, -0.2) is 30.7 Å². The molecule has 2 rings (SSSR count). The Balaban J connectivity index is 2.43. The van der Waals surface area contributed by atoms with E-state index in [1.54, 1.807) is 14.2 Å². The highest BCUT2D eigenvalue weighted by molar-refractivity contribution is 5.65. The minimum Gasteiger partial charge on any atom is -0.496 e. The second-order valence-corrected chi connectivity index (χ2v) is 4.63. The van der Waals surface area contributed by atoms with E-state index in [9.17, 15) is 0 Å². The van der Waals surface area contributed by atoms with Crippen molar-refractivity contribution >= 4 is 5.82 Å². The molecule has 1 N–H and O–H groups in total. The van der Waals surface area contributed by atoms with Gasteiger partial charge in [-0.1, -0.05) is 19.1 Å². The van der Waals surface area contributed by atoms with Crippen molar-refractivity contribution in [3.8, 4) is 17.1 Å². The Morgan fingerprint density at radius 2 is 1.95 bits per heavy atom. The van der Waals surface area contributed by atoms with Crippen molar-refractivity contribution in [2.24, 2.45) is 0 Å². The molecule has 0 radical (unpaired) electrons. The quantitative estimate of drug-likeness (QED) is 0.848. The number of nitrogens with zero attached hydrogens (tertiary/aromatic N) is 2. The molecule has 0 amide bonds. The molecule has 2 aromatic rings. The number of para-hydroxylation sites is 1. The fourth-order valence-electron chi connectivity index (χ4n) is 2.01. The lowest BCUT2D eigenvalue weighted by molar-refractivity contribution is 0.181. The van der Waals surface area contributed by atoms with Crippen molar-refractivity contribution in [1.29, 1.82) is 0 Å². The van der Waals surface area contributed by atoms with Gasteiger partial charge in [-0.3, -0.25) is 0 Å². The molecule has 0 spiro atoms. The molecule has 1 aromatic carbocycles. The second-order valence-electron chi connectivity index (χ2n) is 4.63. The SMILES string of the molecule is CCCNc1cc(COC)nc(-c2ccccc2OC)n1. The average Bonchev–Trinajstić information content (AvgIpc) is 2.53. The maximum atomic E-state index is 5.39. The highest BCUT2D eigenvalue weighted by Crippen LogP contribution is 2.28. The van der Waals surface area contributed by atoms with Gasteiger partial charge in [0.1, 0.15) is 11.6 Å². The Morgan fingerprint density at radius 3 is 2.67 bits per heavy atom. The maximum absolute atomic E-state index is 5.39. The molecule has 0 unspecified atom stereocenters. The van der Waals surface area contributed by atoms with Gasteiger partial charge >= 0.3 is 0 Å². The van der Waals surface area contributed by atoms with Crippen LogP contribution in [0.5, 0.6) is 5.75 Å². The number of benzene rings is 1. The number of methoxy groups -OCH3 is 2. The van der Waals surface area contributed by atoms with Gasteiger partial charge < -0.3 is 14.8 Å². The summed E-state index contributed by atoms with van der Waals surface area (Å²) in [6.45, 7) is 3.44. The largest absolute Gasteiger partial charge is 0.496 e. The highest BCUT2D eigenvalue weighted by atomic mass is 16.5.